The Hall–Kier alpha value is -2.13. The molecule has 0 unspecified atom stereocenters. The number of pyridine rings is 1. The second-order valence-electron chi connectivity index (χ2n) is 3.81. The summed E-state index contributed by atoms with van der Waals surface area (Å²) in [5.74, 6) is 0.734. The first-order valence-corrected chi connectivity index (χ1v) is 5.83. The molecule has 0 aliphatic heterocycles. The van der Waals surface area contributed by atoms with Crippen LogP contribution in [0.25, 0.3) is 22.5 Å². The molecule has 0 aliphatic rings. The van der Waals surface area contributed by atoms with E-state index in [1.165, 1.54) is 0 Å². The van der Waals surface area contributed by atoms with Crippen molar-refractivity contribution < 1.29 is 4.52 Å². The Morgan fingerprint density at radius 2 is 1.61 bits per heavy atom. The third-order valence-electron chi connectivity index (χ3n) is 2.67. The summed E-state index contributed by atoms with van der Waals surface area (Å²) in [7, 11) is 0. The second-order valence-corrected chi connectivity index (χ2v) is 4.25. The molecule has 88 valence electrons. The van der Waals surface area contributed by atoms with E-state index in [1.807, 2.05) is 36.4 Å². The van der Waals surface area contributed by atoms with E-state index in [-0.39, 0.29) is 0 Å². The number of hydrogen-bond acceptors (Lipinski definition) is 3. The summed E-state index contributed by atoms with van der Waals surface area (Å²) in [4.78, 5) is 4.00. The Morgan fingerprint density at radius 3 is 2.33 bits per heavy atom. The summed E-state index contributed by atoms with van der Waals surface area (Å²) >= 11 is 5.88. The Labute approximate surface area is 109 Å². The molecule has 0 fully saturated rings. The van der Waals surface area contributed by atoms with Crippen molar-refractivity contribution in [1.82, 2.24) is 10.1 Å². The molecule has 0 amide bonds. The van der Waals surface area contributed by atoms with Crippen molar-refractivity contribution in [2.24, 2.45) is 0 Å². The van der Waals surface area contributed by atoms with Gasteiger partial charge in [0, 0.05) is 28.5 Å². The van der Waals surface area contributed by atoms with Gasteiger partial charge in [0.1, 0.15) is 0 Å². The predicted molar refractivity (Wildman–Crippen MR) is 70.2 cm³/mol. The summed E-state index contributed by atoms with van der Waals surface area (Å²) < 4.78 is 5.33. The molecule has 4 heteroatoms. The highest BCUT2D eigenvalue weighted by Crippen LogP contribution is 2.32. The fraction of sp³-hybridized carbons (Fsp3) is 0. The topological polar surface area (TPSA) is 38.9 Å². The average molecular weight is 257 g/mol. The van der Waals surface area contributed by atoms with Gasteiger partial charge in [-0.15, -0.1) is 0 Å². The molecule has 0 atom stereocenters. The maximum absolute atomic E-state index is 5.88. The van der Waals surface area contributed by atoms with Crippen LogP contribution in [-0.2, 0) is 0 Å². The Balaban J connectivity index is 2.10. The maximum Gasteiger partial charge on any atom is 0.174 e. The number of aromatic nitrogens is 2. The van der Waals surface area contributed by atoms with Gasteiger partial charge in [-0.2, -0.15) is 0 Å². The lowest BCUT2D eigenvalue weighted by Gasteiger charge is -2.01. The van der Waals surface area contributed by atoms with Gasteiger partial charge in [-0.3, -0.25) is 4.98 Å². The molecule has 3 nitrogen and oxygen atoms in total. The normalized spacial score (nSPS) is 10.5. The third-order valence-corrected chi connectivity index (χ3v) is 2.92. The van der Waals surface area contributed by atoms with E-state index in [1.54, 1.807) is 18.6 Å². The zero-order valence-electron chi connectivity index (χ0n) is 9.38. The van der Waals surface area contributed by atoms with E-state index in [0.29, 0.717) is 5.02 Å². The van der Waals surface area contributed by atoms with Crippen LogP contribution in [0.2, 0.25) is 5.02 Å². The van der Waals surface area contributed by atoms with E-state index < -0.39 is 0 Å². The molecule has 0 spiro atoms. The molecule has 2 heterocycles. The standard InChI is InChI=1S/C14H9ClN2O/c15-12-3-1-11(2-4-12)14-13(9-17-18-14)10-5-7-16-8-6-10/h1-9H. The lowest BCUT2D eigenvalue weighted by molar-refractivity contribution is 0.432. The van der Waals surface area contributed by atoms with Crippen molar-refractivity contribution in [3.05, 3.63) is 60.0 Å². The fourth-order valence-electron chi connectivity index (χ4n) is 1.79. The third kappa shape index (κ3) is 2.00. The molecular formula is C14H9ClN2O. The molecule has 0 radical (unpaired) electrons. The van der Waals surface area contributed by atoms with Gasteiger partial charge in [0.2, 0.25) is 0 Å². The fourth-order valence-corrected chi connectivity index (χ4v) is 1.91. The first kappa shape index (κ1) is 11.0. The quantitative estimate of drug-likeness (QED) is 0.694. The smallest absolute Gasteiger partial charge is 0.174 e. The summed E-state index contributed by atoms with van der Waals surface area (Å²) in [5, 5.41) is 4.57. The van der Waals surface area contributed by atoms with Crippen LogP contribution in [-0.4, -0.2) is 10.1 Å². The van der Waals surface area contributed by atoms with E-state index in [2.05, 4.69) is 10.1 Å². The van der Waals surface area contributed by atoms with E-state index in [9.17, 15) is 0 Å². The van der Waals surface area contributed by atoms with Crippen LogP contribution in [0, 0.1) is 0 Å². The average Bonchev–Trinajstić information content (AvgIpc) is 2.90. The lowest BCUT2D eigenvalue weighted by Crippen LogP contribution is -1.80. The molecular weight excluding hydrogens is 248 g/mol. The van der Waals surface area contributed by atoms with E-state index >= 15 is 0 Å². The van der Waals surface area contributed by atoms with Gasteiger partial charge in [0.25, 0.3) is 0 Å². The molecule has 0 aliphatic carbocycles. The van der Waals surface area contributed by atoms with Gasteiger partial charge < -0.3 is 4.52 Å². The number of hydrogen-bond donors (Lipinski definition) is 0. The van der Waals surface area contributed by atoms with Crippen molar-refractivity contribution >= 4 is 11.6 Å². The SMILES string of the molecule is Clc1ccc(-c2oncc2-c2ccncc2)cc1. The molecule has 0 saturated heterocycles. The minimum absolute atomic E-state index is 0.698. The highest BCUT2D eigenvalue weighted by Gasteiger charge is 2.12. The highest BCUT2D eigenvalue weighted by molar-refractivity contribution is 6.30. The van der Waals surface area contributed by atoms with Gasteiger partial charge in [-0.1, -0.05) is 16.8 Å². The molecule has 18 heavy (non-hydrogen) atoms. The van der Waals surface area contributed by atoms with Gasteiger partial charge in [-0.05, 0) is 42.0 Å². The Kier molecular flexibility index (Phi) is 2.82. The van der Waals surface area contributed by atoms with E-state index in [4.69, 9.17) is 16.1 Å². The van der Waals surface area contributed by atoms with Crippen molar-refractivity contribution in [1.29, 1.82) is 0 Å². The molecule has 1 aromatic carbocycles. The monoisotopic (exact) mass is 256 g/mol. The van der Waals surface area contributed by atoms with Gasteiger partial charge in [-0.25, -0.2) is 0 Å². The Bertz CT molecular complexity index is 647. The number of rotatable bonds is 2. The van der Waals surface area contributed by atoms with Crippen molar-refractivity contribution in [3.63, 3.8) is 0 Å². The van der Waals surface area contributed by atoms with Crippen LogP contribution in [0.4, 0.5) is 0 Å². The van der Waals surface area contributed by atoms with Crippen LogP contribution >= 0.6 is 11.6 Å². The molecule has 3 rings (SSSR count). The summed E-state index contributed by atoms with van der Waals surface area (Å²) in [6.45, 7) is 0. The summed E-state index contributed by atoms with van der Waals surface area (Å²) in [5.41, 5.74) is 2.92. The van der Waals surface area contributed by atoms with Crippen molar-refractivity contribution in [3.8, 4) is 22.5 Å². The van der Waals surface area contributed by atoms with E-state index in [0.717, 1.165) is 22.5 Å². The van der Waals surface area contributed by atoms with Crippen molar-refractivity contribution in [2.45, 2.75) is 0 Å². The molecule has 0 N–H and O–H groups in total. The van der Waals surface area contributed by atoms with Crippen LogP contribution in [0.3, 0.4) is 0 Å². The zero-order valence-corrected chi connectivity index (χ0v) is 10.1. The minimum atomic E-state index is 0.698. The van der Waals surface area contributed by atoms with Crippen LogP contribution in [0.1, 0.15) is 0 Å². The molecule has 2 aromatic heterocycles. The number of benzene rings is 1. The van der Waals surface area contributed by atoms with Gasteiger partial charge in [0.15, 0.2) is 5.76 Å². The summed E-state index contributed by atoms with van der Waals surface area (Å²) in [6.07, 6.45) is 5.20. The zero-order chi connectivity index (χ0) is 12.4. The minimum Gasteiger partial charge on any atom is -0.356 e. The second kappa shape index (κ2) is 4.63. The number of halogens is 1. The Morgan fingerprint density at radius 1 is 0.889 bits per heavy atom. The summed E-state index contributed by atoms with van der Waals surface area (Å²) in [6, 6.07) is 11.3. The van der Waals surface area contributed by atoms with Crippen LogP contribution in [0.15, 0.2) is 59.5 Å². The van der Waals surface area contributed by atoms with Crippen molar-refractivity contribution in [2.75, 3.05) is 0 Å². The first-order valence-electron chi connectivity index (χ1n) is 5.45. The molecule has 0 saturated carbocycles. The predicted octanol–water partition coefficient (Wildman–Crippen LogP) is 4.06. The molecule has 0 bridgehead atoms. The van der Waals surface area contributed by atoms with Gasteiger partial charge >= 0.3 is 0 Å². The highest BCUT2D eigenvalue weighted by atomic mass is 35.5. The number of nitrogens with zero attached hydrogens (tertiary/aromatic N) is 2. The van der Waals surface area contributed by atoms with Crippen LogP contribution in [0.5, 0.6) is 0 Å². The molecule has 3 aromatic rings. The maximum atomic E-state index is 5.88. The largest absolute Gasteiger partial charge is 0.356 e. The van der Waals surface area contributed by atoms with Gasteiger partial charge in [0.05, 0.1) is 6.20 Å². The first-order chi connectivity index (χ1) is 8.84. The lowest BCUT2D eigenvalue weighted by atomic mass is 10.0. The van der Waals surface area contributed by atoms with Crippen LogP contribution < -0.4 is 0 Å².